The zero-order valence-corrected chi connectivity index (χ0v) is 9.37. The van der Waals surface area contributed by atoms with Crippen molar-refractivity contribution in [2.24, 2.45) is 0 Å². The highest BCUT2D eigenvalue weighted by atomic mass is 32.2. The third kappa shape index (κ3) is 3.33. The number of carboxylic acids is 1. The molecule has 1 rings (SSSR count). The van der Waals surface area contributed by atoms with Crippen LogP contribution in [0.2, 0.25) is 0 Å². The summed E-state index contributed by atoms with van der Waals surface area (Å²) in [7, 11) is -2.30. The molecule has 0 saturated carbocycles. The Balaban J connectivity index is 2.62. The quantitative estimate of drug-likeness (QED) is 0.618. The van der Waals surface area contributed by atoms with Crippen LogP contribution in [0.5, 0.6) is 0 Å². The van der Waals surface area contributed by atoms with Crippen molar-refractivity contribution in [3.05, 3.63) is 17.9 Å². The summed E-state index contributed by atoms with van der Waals surface area (Å²) < 4.78 is 29.7. The zero-order valence-electron chi connectivity index (χ0n) is 8.56. The second-order valence-corrected chi connectivity index (χ2v) is 4.74. The molecule has 0 atom stereocenters. The lowest BCUT2D eigenvalue weighted by atomic mass is 10.4. The molecule has 0 saturated heterocycles. The van der Waals surface area contributed by atoms with E-state index in [0.717, 1.165) is 0 Å². The van der Waals surface area contributed by atoms with Gasteiger partial charge in [-0.2, -0.15) is 0 Å². The summed E-state index contributed by atoms with van der Waals surface area (Å²) in [5.41, 5.74) is 0. The predicted octanol–water partition coefficient (Wildman–Crippen LogP) is -0.638. The maximum Gasteiger partial charge on any atom is 0.317 e. The van der Waals surface area contributed by atoms with Gasteiger partial charge in [0.05, 0.1) is 13.1 Å². The zero-order chi connectivity index (χ0) is 12.2. The minimum absolute atomic E-state index is 0.158. The maximum absolute atomic E-state index is 11.3. The van der Waals surface area contributed by atoms with Crippen molar-refractivity contribution in [1.29, 1.82) is 0 Å². The number of hydrogen-bond acceptors (Lipinski definition) is 5. The second kappa shape index (κ2) is 5.10. The fourth-order valence-electron chi connectivity index (χ4n) is 0.991. The van der Waals surface area contributed by atoms with Crippen LogP contribution in [0.1, 0.15) is 5.76 Å². The van der Waals surface area contributed by atoms with Crippen molar-refractivity contribution >= 4 is 16.0 Å². The largest absolute Gasteiger partial charge is 0.480 e. The highest BCUT2D eigenvalue weighted by Crippen LogP contribution is 2.12. The van der Waals surface area contributed by atoms with Crippen LogP contribution in [-0.2, 0) is 21.4 Å². The molecule has 1 aromatic heterocycles. The fraction of sp³-hybridized carbons (Fsp3) is 0.375. The minimum Gasteiger partial charge on any atom is -0.480 e. The Kier molecular flexibility index (Phi) is 4.05. The van der Waals surface area contributed by atoms with Gasteiger partial charge in [-0.05, 0) is 19.2 Å². The first kappa shape index (κ1) is 12.7. The average Bonchev–Trinajstić information content (AvgIpc) is 2.66. The first-order valence-corrected chi connectivity index (χ1v) is 5.89. The summed E-state index contributed by atoms with van der Waals surface area (Å²) in [4.78, 5) is 10.2. The van der Waals surface area contributed by atoms with Gasteiger partial charge in [-0.25, -0.2) is 13.1 Å². The normalized spacial score (nSPS) is 11.6. The molecule has 3 N–H and O–H groups in total. The van der Waals surface area contributed by atoms with Crippen LogP contribution in [0, 0.1) is 0 Å². The Bertz CT molecular complexity index is 465. The Labute approximate surface area is 92.5 Å². The summed E-state index contributed by atoms with van der Waals surface area (Å²) in [6, 6.07) is 2.78. The molecule has 8 heteroatoms. The number of carbonyl (C=O) groups is 1. The molecule has 0 unspecified atom stereocenters. The van der Waals surface area contributed by atoms with Crippen LogP contribution in [0.3, 0.4) is 0 Å². The number of carboxylic acid groups (broad SMARTS) is 1. The lowest BCUT2D eigenvalue weighted by Crippen LogP contribution is -2.21. The topological polar surface area (TPSA) is 109 Å². The molecule has 0 bridgehead atoms. The molecule has 0 amide bonds. The third-order valence-corrected chi connectivity index (χ3v) is 3.03. The monoisotopic (exact) mass is 248 g/mol. The van der Waals surface area contributed by atoms with Crippen molar-refractivity contribution < 1.29 is 22.7 Å². The Morgan fingerprint density at radius 2 is 2.19 bits per heavy atom. The second-order valence-electron chi connectivity index (χ2n) is 2.93. The standard InChI is InChI=1S/C8H12N2O5S/c1-9-16(13,14)8-3-2-6(15-8)4-10-5-7(11)12/h2-3,9-10H,4-5H2,1H3,(H,11,12). The highest BCUT2D eigenvalue weighted by Gasteiger charge is 2.15. The Morgan fingerprint density at radius 3 is 2.75 bits per heavy atom. The van der Waals surface area contributed by atoms with Gasteiger partial charge >= 0.3 is 5.97 Å². The Morgan fingerprint density at radius 1 is 1.50 bits per heavy atom. The van der Waals surface area contributed by atoms with Crippen molar-refractivity contribution in [2.45, 2.75) is 11.6 Å². The van der Waals surface area contributed by atoms with E-state index in [0.29, 0.717) is 5.76 Å². The van der Waals surface area contributed by atoms with Gasteiger partial charge in [0.2, 0.25) is 5.09 Å². The van der Waals surface area contributed by atoms with E-state index < -0.39 is 16.0 Å². The first-order chi connectivity index (χ1) is 7.45. The van der Waals surface area contributed by atoms with Crippen molar-refractivity contribution in [3.8, 4) is 0 Å². The molecule has 0 fully saturated rings. The SMILES string of the molecule is CNS(=O)(=O)c1ccc(CNCC(=O)O)o1. The van der Waals surface area contributed by atoms with E-state index in [4.69, 9.17) is 9.52 Å². The van der Waals surface area contributed by atoms with Gasteiger partial charge < -0.3 is 9.52 Å². The number of sulfonamides is 1. The minimum atomic E-state index is -3.58. The molecule has 1 heterocycles. The molecule has 1 aromatic rings. The van der Waals surface area contributed by atoms with E-state index in [-0.39, 0.29) is 18.2 Å². The molecular formula is C8H12N2O5S. The van der Waals surface area contributed by atoms with Crippen molar-refractivity contribution in [3.63, 3.8) is 0 Å². The molecule has 7 nitrogen and oxygen atoms in total. The third-order valence-electron chi connectivity index (χ3n) is 1.75. The van der Waals surface area contributed by atoms with Crippen molar-refractivity contribution in [1.82, 2.24) is 10.0 Å². The lowest BCUT2D eigenvalue weighted by Gasteiger charge is -1.99. The fourth-order valence-corrected chi connectivity index (χ4v) is 1.66. The van der Waals surface area contributed by atoms with Crippen LogP contribution >= 0.6 is 0 Å². The number of nitrogens with one attached hydrogen (secondary N) is 2. The molecule has 0 aliphatic carbocycles. The summed E-state index contributed by atoms with van der Waals surface area (Å²) in [6.07, 6.45) is 0. The molecule has 90 valence electrons. The van der Waals surface area contributed by atoms with E-state index in [9.17, 15) is 13.2 Å². The average molecular weight is 248 g/mol. The summed E-state index contributed by atoms with van der Waals surface area (Å²) >= 11 is 0. The van der Waals surface area contributed by atoms with E-state index in [1.54, 1.807) is 0 Å². The summed E-state index contributed by atoms with van der Waals surface area (Å²) in [5.74, 6) is -0.635. The van der Waals surface area contributed by atoms with Gasteiger partial charge in [0, 0.05) is 0 Å². The molecule has 0 aliphatic heterocycles. The number of rotatable bonds is 6. The molecule has 16 heavy (non-hydrogen) atoms. The molecule has 0 spiro atoms. The van der Waals surface area contributed by atoms with Gasteiger partial charge in [-0.15, -0.1) is 0 Å². The molecule has 0 radical (unpaired) electrons. The van der Waals surface area contributed by atoms with Gasteiger partial charge in [-0.1, -0.05) is 0 Å². The van der Waals surface area contributed by atoms with Crippen LogP contribution in [0.4, 0.5) is 0 Å². The number of furan rings is 1. The molecule has 0 aromatic carbocycles. The van der Waals surface area contributed by atoms with Gasteiger partial charge in [0.15, 0.2) is 0 Å². The summed E-state index contributed by atoms with van der Waals surface area (Å²) in [5, 5.41) is 10.7. The molecule has 0 aliphatic rings. The number of hydrogen-bond donors (Lipinski definition) is 3. The van der Waals surface area contributed by atoms with E-state index in [1.165, 1.54) is 19.2 Å². The van der Waals surface area contributed by atoms with E-state index in [1.807, 2.05) is 0 Å². The Hall–Kier alpha value is -1.38. The first-order valence-electron chi connectivity index (χ1n) is 4.40. The van der Waals surface area contributed by atoms with Crippen molar-refractivity contribution in [2.75, 3.05) is 13.6 Å². The molecular weight excluding hydrogens is 236 g/mol. The van der Waals surface area contributed by atoms with Crippen LogP contribution in [0.15, 0.2) is 21.6 Å². The smallest absolute Gasteiger partial charge is 0.317 e. The predicted molar refractivity (Wildman–Crippen MR) is 54.3 cm³/mol. The number of aliphatic carboxylic acids is 1. The van der Waals surface area contributed by atoms with Gasteiger partial charge in [0.1, 0.15) is 5.76 Å². The van der Waals surface area contributed by atoms with E-state index >= 15 is 0 Å². The highest BCUT2D eigenvalue weighted by molar-refractivity contribution is 7.89. The van der Waals surface area contributed by atoms with Gasteiger partial charge in [0.25, 0.3) is 10.0 Å². The van der Waals surface area contributed by atoms with E-state index in [2.05, 4.69) is 10.0 Å². The summed E-state index contributed by atoms with van der Waals surface area (Å²) in [6.45, 7) is -0.0552. The van der Waals surface area contributed by atoms with Crippen LogP contribution in [0.25, 0.3) is 0 Å². The lowest BCUT2D eigenvalue weighted by molar-refractivity contribution is -0.136. The van der Waals surface area contributed by atoms with Gasteiger partial charge in [-0.3, -0.25) is 10.1 Å². The van der Waals surface area contributed by atoms with Crippen LogP contribution < -0.4 is 10.0 Å². The maximum atomic E-state index is 11.3. The van der Waals surface area contributed by atoms with Crippen LogP contribution in [-0.4, -0.2) is 33.1 Å².